The molecule has 4 nitrogen and oxygen atoms in total. The minimum Gasteiger partial charge on any atom is -0.481 e. The van der Waals surface area contributed by atoms with Crippen LogP contribution < -0.4 is 0 Å². The van der Waals surface area contributed by atoms with E-state index in [1.807, 2.05) is 0 Å². The van der Waals surface area contributed by atoms with Crippen molar-refractivity contribution in [2.45, 2.75) is 59.3 Å². The summed E-state index contributed by atoms with van der Waals surface area (Å²) >= 11 is 0. The predicted octanol–water partition coefficient (Wildman–Crippen LogP) is 3.16. The summed E-state index contributed by atoms with van der Waals surface area (Å²) in [6, 6.07) is 0. The summed E-state index contributed by atoms with van der Waals surface area (Å²) < 4.78 is 0. The van der Waals surface area contributed by atoms with E-state index in [9.17, 15) is 9.59 Å². The third-order valence-corrected chi connectivity index (χ3v) is 3.32. The smallest absolute Gasteiger partial charge is 0.309 e. The van der Waals surface area contributed by atoms with Gasteiger partial charge in [0, 0.05) is 0 Å². The van der Waals surface area contributed by atoms with Gasteiger partial charge in [-0.25, -0.2) is 0 Å². The third-order valence-electron chi connectivity index (χ3n) is 3.32. The number of carboxylic acid groups (broad SMARTS) is 2. The Balaban J connectivity index is 4.27. The van der Waals surface area contributed by atoms with Gasteiger partial charge in [-0.3, -0.25) is 9.59 Å². The van der Waals surface area contributed by atoms with E-state index in [4.69, 9.17) is 10.2 Å². The summed E-state index contributed by atoms with van der Waals surface area (Å²) in [5, 5.41) is 18.1. The van der Waals surface area contributed by atoms with E-state index in [1.54, 1.807) is 0 Å². The Bertz CT molecular complexity index is 258. The summed E-state index contributed by atoms with van der Waals surface area (Å²) in [7, 11) is 0. The average molecular weight is 244 g/mol. The fraction of sp³-hybridized carbons (Fsp3) is 0.846. The van der Waals surface area contributed by atoms with E-state index in [2.05, 4.69) is 6.92 Å². The van der Waals surface area contributed by atoms with Crippen LogP contribution in [-0.2, 0) is 9.59 Å². The molecule has 0 aliphatic rings. The number of rotatable bonds is 9. The van der Waals surface area contributed by atoms with Gasteiger partial charge in [0.1, 0.15) is 0 Å². The van der Waals surface area contributed by atoms with Crippen molar-refractivity contribution in [2.24, 2.45) is 11.3 Å². The van der Waals surface area contributed by atoms with Crippen molar-refractivity contribution in [1.82, 2.24) is 0 Å². The molecule has 4 heteroatoms. The van der Waals surface area contributed by atoms with Gasteiger partial charge in [-0.05, 0) is 20.3 Å². The van der Waals surface area contributed by atoms with Crippen molar-refractivity contribution in [3.8, 4) is 0 Å². The lowest BCUT2D eigenvalue weighted by Crippen LogP contribution is -2.37. The number of carbonyl (C=O) groups is 2. The first kappa shape index (κ1) is 15.9. The molecule has 0 aromatic rings. The molecule has 0 rings (SSSR count). The molecule has 17 heavy (non-hydrogen) atoms. The molecule has 0 aromatic heterocycles. The molecule has 2 N–H and O–H groups in total. The Labute approximate surface area is 103 Å². The molecule has 0 bridgehead atoms. The Hall–Kier alpha value is -1.06. The molecular formula is C13H24O4. The molecule has 0 radical (unpaired) electrons. The summed E-state index contributed by atoms with van der Waals surface area (Å²) in [6.45, 7) is 5.09. The lowest BCUT2D eigenvalue weighted by Gasteiger charge is -2.26. The Morgan fingerprint density at radius 1 is 1.06 bits per heavy atom. The average Bonchev–Trinajstić information content (AvgIpc) is 2.22. The van der Waals surface area contributed by atoms with Gasteiger partial charge in [0.2, 0.25) is 0 Å². The minimum absolute atomic E-state index is 0.443. The minimum atomic E-state index is -1.20. The van der Waals surface area contributed by atoms with Crippen LogP contribution in [0.5, 0.6) is 0 Å². The molecule has 0 fully saturated rings. The van der Waals surface area contributed by atoms with Gasteiger partial charge in [0.15, 0.2) is 0 Å². The lowest BCUT2D eigenvalue weighted by atomic mass is 9.76. The summed E-state index contributed by atoms with van der Waals surface area (Å²) in [5.41, 5.74) is -1.20. The summed E-state index contributed by atoms with van der Waals surface area (Å²) in [6.07, 6.45) is 5.60. The number of hydrogen-bond acceptors (Lipinski definition) is 2. The largest absolute Gasteiger partial charge is 0.481 e. The SMILES string of the molecule is CCCCCCCC(C(=O)O)C(C)(C)C(=O)O. The van der Waals surface area contributed by atoms with Gasteiger partial charge in [-0.1, -0.05) is 39.0 Å². The highest BCUT2D eigenvalue weighted by Gasteiger charge is 2.40. The van der Waals surface area contributed by atoms with Gasteiger partial charge in [0.05, 0.1) is 11.3 Å². The van der Waals surface area contributed by atoms with Crippen molar-refractivity contribution >= 4 is 11.9 Å². The topological polar surface area (TPSA) is 74.6 Å². The zero-order valence-electron chi connectivity index (χ0n) is 11.0. The molecule has 0 aromatic carbocycles. The molecule has 0 aliphatic heterocycles. The Morgan fingerprint density at radius 2 is 1.59 bits per heavy atom. The van der Waals surface area contributed by atoms with E-state index in [1.165, 1.54) is 13.8 Å². The summed E-state index contributed by atoms with van der Waals surface area (Å²) in [5.74, 6) is -2.85. The number of aliphatic carboxylic acids is 2. The van der Waals surface area contributed by atoms with Crippen LogP contribution in [0.15, 0.2) is 0 Å². The molecule has 1 unspecified atom stereocenters. The summed E-state index contributed by atoms with van der Waals surface area (Å²) in [4.78, 5) is 22.1. The maximum atomic E-state index is 11.1. The van der Waals surface area contributed by atoms with Crippen LogP contribution in [-0.4, -0.2) is 22.2 Å². The lowest BCUT2D eigenvalue weighted by molar-refractivity contribution is -0.160. The third kappa shape index (κ3) is 5.20. The second-order valence-electron chi connectivity index (χ2n) is 5.12. The van der Waals surface area contributed by atoms with Crippen molar-refractivity contribution in [2.75, 3.05) is 0 Å². The van der Waals surface area contributed by atoms with Crippen LogP contribution in [0.25, 0.3) is 0 Å². The number of carboxylic acids is 2. The maximum absolute atomic E-state index is 11.1. The van der Waals surface area contributed by atoms with E-state index < -0.39 is 23.3 Å². The van der Waals surface area contributed by atoms with Crippen LogP contribution >= 0.6 is 0 Å². The highest BCUT2D eigenvalue weighted by atomic mass is 16.4. The Kier molecular flexibility index (Phi) is 6.85. The zero-order valence-corrected chi connectivity index (χ0v) is 11.0. The van der Waals surface area contributed by atoms with Crippen LogP contribution in [0.4, 0.5) is 0 Å². The fourth-order valence-electron chi connectivity index (χ4n) is 1.89. The Morgan fingerprint density at radius 3 is 2.00 bits per heavy atom. The normalized spacial score (nSPS) is 13.4. The van der Waals surface area contributed by atoms with E-state index in [0.717, 1.165) is 32.1 Å². The first-order valence-corrected chi connectivity index (χ1v) is 6.30. The molecule has 0 aliphatic carbocycles. The van der Waals surface area contributed by atoms with Crippen LogP contribution in [0.3, 0.4) is 0 Å². The second-order valence-corrected chi connectivity index (χ2v) is 5.12. The number of unbranched alkanes of at least 4 members (excludes halogenated alkanes) is 4. The van der Waals surface area contributed by atoms with E-state index >= 15 is 0 Å². The van der Waals surface area contributed by atoms with Crippen molar-refractivity contribution in [3.05, 3.63) is 0 Å². The zero-order chi connectivity index (χ0) is 13.5. The molecule has 0 saturated carbocycles. The highest BCUT2D eigenvalue weighted by molar-refractivity contribution is 5.82. The molecule has 0 saturated heterocycles. The second kappa shape index (κ2) is 7.30. The van der Waals surface area contributed by atoms with E-state index in [-0.39, 0.29) is 0 Å². The van der Waals surface area contributed by atoms with Gasteiger partial charge in [-0.15, -0.1) is 0 Å². The van der Waals surface area contributed by atoms with E-state index in [0.29, 0.717) is 6.42 Å². The first-order valence-electron chi connectivity index (χ1n) is 6.30. The number of hydrogen-bond donors (Lipinski definition) is 2. The first-order chi connectivity index (χ1) is 7.84. The van der Waals surface area contributed by atoms with Gasteiger partial charge in [-0.2, -0.15) is 0 Å². The molecule has 0 spiro atoms. The van der Waals surface area contributed by atoms with Crippen molar-refractivity contribution < 1.29 is 19.8 Å². The van der Waals surface area contributed by atoms with Crippen molar-refractivity contribution in [3.63, 3.8) is 0 Å². The van der Waals surface area contributed by atoms with Gasteiger partial charge >= 0.3 is 11.9 Å². The molecule has 1 atom stereocenters. The fourth-order valence-corrected chi connectivity index (χ4v) is 1.89. The van der Waals surface area contributed by atoms with Gasteiger partial charge < -0.3 is 10.2 Å². The van der Waals surface area contributed by atoms with Crippen LogP contribution in [0.1, 0.15) is 59.3 Å². The monoisotopic (exact) mass is 244 g/mol. The van der Waals surface area contributed by atoms with Crippen LogP contribution in [0, 0.1) is 11.3 Å². The molecule has 0 amide bonds. The molecule has 0 heterocycles. The maximum Gasteiger partial charge on any atom is 0.309 e. The predicted molar refractivity (Wildman–Crippen MR) is 65.9 cm³/mol. The molecule has 100 valence electrons. The van der Waals surface area contributed by atoms with Crippen molar-refractivity contribution in [1.29, 1.82) is 0 Å². The standard InChI is InChI=1S/C13H24O4/c1-4-5-6-7-8-9-10(11(14)15)13(2,3)12(16)17/h10H,4-9H2,1-3H3,(H,14,15)(H,16,17). The highest BCUT2D eigenvalue weighted by Crippen LogP contribution is 2.31. The van der Waals surface area contributed by atoms with Crippen LogP contribution in [0.2, 0.25) is 0 Å². The quantitative estimate of drug-likeness (QED) is 0.611. The van der Waals surface area contributed by atoms with Gasteiger partial charge in [0.25, 0.3) is 0 Å². The molecular weight excluding hydrogens is 220 g/mol.